The number of nitrogens with one attached hydrogen (secondary N) is 1. The first-order chi connectivity index (χ1) is 14.0. The molecule has 0 radical (unpaired) electrons. The van der Waals surface area contributed by atoms with Crippen LogP contribution in [0.4, 0.5) is 5.69 Å². The standard InChI is InChI=1S/C21H29N5O2S/c1-4-26-18(13-19(27)22-17-10-8-9-15(2)16(17)3)23-24-21(26)29-14-20(28)25-11-6-5-7-12-25/h8-10H,4-7,11-14H2,1-3H3,(H,22,27). The molecule has 1 aliphatic heterocycles. The second-order valence-electron chi connectivity index (χ2n) is 7.35. The Labute approximate surface area is 176 Å². The molecule has 2 aromatic rings. The number of hydrogen-bond donors (Lipinski definition) is 1. The second kappa shape index (κ2) is 9.91. The third kappa shape index (κ3) is 5.38. The lowest BCUT2D eigenvalue weighted by Crippen LogP contribution is -2.36. The van der Waals surface area contributed by atoms with Crippen molar-refractivity contribution >= 4 is 29.3 Å². The van der Waals surface area contributed by atoms with Gasteiger partial charge in [0.05, 0.1) is 12.2 Å². The highest BCUT2D eigenvalue weighted by atomic mass is 32.2. The summed E-state index contributed by atoms with van der Waals surface area (Å²) in [6.07, 6.45) is 3.52. The number of piperidine rings is 1. The number of hydrogen-bond acceptors (Lipinski definition) is 5. The van der Waals surface area contributed by atoms with Crippen LogP contribution < -0.4 is 5.32 Å². The summed E-state index contributed by atoms with van der Waals surface area (Å²) in [6, 6.07) is 5.85. The highest BCUT2D eigenvalue weighted by Crippen LogP contribution is 2.21. The van der Waals surface area contributed by atoms with Crippen molar-refractivity contribution in [3.05, 3.63) is 35.2 Å². The molecule has 29 heavy (non-hydrogen) atoms. The first-order valence-electron chi connectivity index (χ1n) is 10.2. The maximum atomic E-state index is 12.5. The third-order valence-corrected chi connectivity index (χ3v) is 6.29. The van der Waals surface area contributed by atoms with E-state index >= 15 is 0 Å². The first kappa shape index (κ1) is 21.4. The molecular weight excluding hydrogens is 386 g/mol. The van der Waals surface area contributed by atoms with Gasteiger partial charge in [-0.05, 0) is 57.2 Å². The Bertz CT molecular complexity index is 874. The van der Waals surface area contributed by atoms with Gasteiger partial charge in [-0.3, -0.25) is 9.59 Å². The van der Waals surface area contributed by atoms with Gasteiger partial charge >= 0.3 is 0 Å². The molecule has 0 spiro atoms. The number of aromatic nitrogens is 3. The topological polar surface area (TPSA) is 80.1 Å². The van der Waals surface area contributed by atoms with Gasteiger partial charge in [-0.25, -0.2) is 0 Å². The van der Waals surface area contributed by atoms with Crippen LogP contribution in [0.5, 0.6) is 0 Å². The Morgan fingerprint density at radius 3 is 2.62 bits per heavy atom. The number of carbonyl (C=O) groups excluding carboxylic acids is 2. The van der Waals surface area contributed by atoms with E-state index in [9.17, 15) is 9.59 Å². The Morgan fingerprint density at radius 1 is 1.14 bits per heavy atom. The van der Waals surface area contributed by atoms with Crippen molar-refractivity contribution in [2.24, 2.45) is 0 Å². The summed E-state index contributed by atoms with van der Waals surface area (Å²) in [6.45, 7) is 8.36. The van der Waals surface area contributed by atoms with Crippen molar-refractivity contribution in [3.8, 4) is 0 Å². The van der Waals surface area contributed by atoms with Crippen LogP contribution in [-0.4, -0.2) is 50.3 Å². The molecule has 8 heteroatoms. The van der Waals surface area contributed by atoms with Gasteiger partial charge < -0.3 is 14.8 Å². The molecule has 1 N–H and O–H groups in total. The SMILES string of the molecule is CCn1c(CC(=O)Nc2cccc(C)c2C)nnc1SCC(=O)N1CCCCC1. The van der Waals surface area contributed by atoms with Gasteiger partial charge in [0, 0.05) is 25.3 Å². The van der Waals surface area contributed by atoms with E-state index in [1.54, 1.807) is 0 Å². The minimum Gasteiger partial charge on any atom is -0.342 e. The van der Waals surface area contributed by atoms with Crippen molar-refractivity contribution in [2.75, 3.05) is 24.2 Å². The van der Waals surface area contributed by atoms with Crippen LogP contribution >= 0.6 is 11.8 Å². The molecule has 0 saturated carbocycles. The fraction of sp³-hybridized carbons (Fsp3) is 0.524. The molecule has 1 aromatic carbocycles. The van der Waals surface area contributed by atoms with Gasteiger partial charge in [0.25, 0.3) is 0 Å². The summed E-state index contributed by atoms with van der Waals surface area (Å²) < 4.78 is 1.91. The number of benzene rings is 1. The van der Waals surface area contributed by atoms with Gasteiger partial charge in [-0.2, -0.15) is 0 Å². The summed E-state index contributed by atoms with van der Waals surface area (Å²) in [4.78, 5) is 26.9. The fourth-order valence-corrected chi connectivity index (χ4v) is 4.38. The molecule has 0 bridgehead atoms. The smallest absolute Gasteiger partial charge is 0.233 e. The predicted molar refractivity (Wildman–Crippen MR) is 115 cm³/mol. The highest BCUT2D eigenvalue weighted by molar-refractivity contribution is 7.99. The van der Waals surface area contributed by atoms with E-state index in [0.29, 0.717) is 23.3 Å². The van der Waals surface area contributed by atoms with Crippen LogP contribution in [0.25, 0.3) is 0 Å². The lowest BCUT2D eigenvalue weighted by Gasteiger charge is -2.26. The van der Waals surface area contributed by atoms with Crippen molar-refractivity contribution < 1.29 is 9.59 Å². The van der Waals surface area contributed by atoms with Gasteiger partial charge in [0.15, 0.2) is 5.16 Å². The quantitative estimate of drug-likeness (QED) is 0.703. The lowest BCUT2D eigenvalue weighted by molar-refractivity contribution is -0.129. The van der Waals surface area contributed by atoms with Crippen LogP contribution in [0.1, 0.15) is 43.1 Å². The summed E-state index contributed by atoms with van der Waals surface area (Å²) in [5.74, 6) is 0.992. The summed E-state index contributed by atoms with van der Waals surface area (Å²) >= 11 is 1.40. The molecule has 1 aliphatic rings. The van der Waals surface area contributed by atoms with E-state index in [-0.39, 0.29) is 18.2 Å². The Kier molecular flexibility index (Phi) is 7.30. The fourth-order valence-electron chi connectivity index (χ4n) is 3.46. The predicted octanol–water partition coefficient (Wildman–Crippen LogP) is 3.20. The normalized spacial score (nSPS) is 14.1. The van der Waals surface area contributed by atoms with Gasteiger partial charge in [-0.15, -0.1) is 10.2 Å². The molecule has 3 rings (SSSR count). The second-order valence-corrected chi connectivity index (χ2v) is 8.29. The largest absolute Gasteiger partial charge is 0.342 e. The van der Waals surface area contributed by atoms with Gasteiger partial charge in [0.2, 0.25) is 11.8 Å². The number of nitrogens with zero attached hydrogens (tertiary/aromatic N) is 4. The molecule has 0 unspecified atom stereocenters. The molecule has 2 amide bonds. The monoisotopic (exact) mass is 415 g/mol. The van der Waals surface area contributed by atoms with E-state index in [4.69, 9.17) is 0 Å². The van der Waals surface area contributed by atoms with E-state index < -0.39 is 0 Å². The Hall–Kier alpha value is -2.35. The zero-order chi connectivity index (χ0) is 20.8. The molecule has 2 heterocycles. The zero-order valence-electron chi connectivity index (χ0n) is 17.4. The minimum atomic E-state index is -0.123. The molecule has 7 nitrogen and oxygen atoms in total. The van der Waals surface area contributed by atoms with Gasteiger partial charge in [0.1, 0.15) is 5.82 Å². The summed E-state index contributed by atoms with van der Waals surface area (Å²) in [5.41, 5.74) is 3.01. The number of rotatable bonds is 7. The first-order valence-corrected chi connectivity index (χ1v) is 11.2. The maximum absolute atomic E-state index is 12.5. The number of amides is 2. The zero-order valence-corrected chi connectivity index (χ0v) is 18.2. The van der Waals surface area contributed by atoms with Crippen molar-refractivity contribution in [3.63, 3.8) is 0 Å². The van der Waals surface area contributed by atoms with E-state index in [2.05, 4.69) is 15.5 Å². The van der Waals surface area contributed by atoms with Crippen LogP contribution in [-0.2, 0) is 22.6 Å². The summed E-state index contributed by atoms with van der Waals surface area (Å²) in [5, 5.41) is 12.1. The van der Waals surface area contributed by atoms with Crippen LogP contribution in [0, 0.1) is 13.8 Å². The van der Waals surface area contributed by atoms with Crippen molar-refractivity contribution in [2.45, 2.75) is 58.2 Å². The van der Waals surface area contributed by atoms with E-state index in [0.717, 1.165) is 42.7 Å². The van der Waals surface area contributed by atoms with Gasteiger partial charge in [-0.1, -0.05) is 23.9 Å². The Morgan fingerprint density at radius 2 is 1.90 bits per heavy atom. The van der Waals surface area contributed by atoms with Crippen molar-refractivity contribution in [1.82, 2.24) is 19.7 Å². The molecule has 156 valence electrons. The maximum Gasteiger partial charge on any atom is 0.233 e. The van der Waals surface area contributed by atoms with Crippen LogP contribution in [0.2, 0.25) is 0 Å². The molecule has 0 atom stereocenters. The number of thioether (sulfide) groups is 1. The molecular formula is C21H29N5O2S. The Balaban J connectivity index is 1.60. The molecule has 1 saturated heterocycles. The van der Waals surface area contributed by atoms with Crippen LogP contribution in [0.15, 0.2) is 23.4 Å². The summed E-state index contributed by atoms with van der Waals surface area (Å²) in [7, 11) is 0. The average molecular weight is 416 g/mol. The minimum absolute atomic E-state index is 0.123. The lowest BCUT2D eigenvalue weighted by atomic mass is 10.1. The number of aryl methyl sites for hydroxylation is 1. The number of likely N-dealkylation sites (tertiary alicyclic amines) is 1. The van der Waals surface area contributed by atoms with E-state index in [1.807, 2.05) is 48.4 Å². The third-order valence-electron chi connectivity index (χ3n) is 5.34. The molecule has 0 aliphatic carbocycles. The molecule has 1 fully saturated rings. The van der Waals surface area contributed by atoms with Crippen LogP contribution in [0.3, 0.4) is 0 Å². The molecule has 1 aromatic heterocycles. The van der Waals surface area contributed by atoms with E-state index in [1.165, 1.54) is 18.2 Å². The number of anilines is 1. The van der Waals surface area contributed by atoms with Crippen molar-refractivity contribution in [1.29, 1.82) is 0 Å². The average Bonchev–Trinajstić information content (AvgIpc) is 3.11. The highest BCUT2D eigenvalue weighted by Gasteiger charge is 2.20. The number of carbonyl (C=O) groups is 2.